The molecule has 166 valence electrons. The van der Waals surface area contributed by atoms with Gasteiger partial charge in [-0.2, -0.15) is 0 Å². The zero-order valence-electron chi connectivity index (χ0n) is 18.1. The van der Waals surface area contributed by atoms with Crippen LogP contribution in [0.1, 0.15) is 37.4 Å². The molecule has 3 rings (SSSR count). The van der Waals surface area contributed by atoms with Crippen LogP contribution in [0.15, 0.2) is 47.4 Å². The maximum absolute atomic E-state index is 13.4. The number of sulfone groups is 1. The van der Waals surface area contributed by atoms with Gasteiger partial charge in [0, 0.05) is 6.26 Å². The number of carbonyl (C=O) groups excluding carboxylic acids is 2. The van der Waals surface area contributed by atoms with Crippen molar-refractivity contribution in [3.63, 3.8) is 0 Å². The van der Waals surface area contributed by atoms with Crippen molar-refractivity contribution in [3.05, 3.63) is 53.6 Å². The van der Waals surface area contributed by atoms with Gasteiger partial charge in [0.15, 0.2) is 21.3 Å². The van der Waals surface area contributed by atoms with E-state index in [2.05, 4.69) is 5.32 Å². The molecule has 0 aliphatic carbocycles. The SMILES string of the molecule is CCC(c1ccc(OC)c(OC)c1)N1C(=O)NC(C)(c2ccc(S(C)(=O)=O)cc2)C1=O. The lowest BCUT2D eigenvalue weighted by Crippen LogP contribution is -2.41. The minimum atomic E-state index is -3.37. The first-order valence-corrected chi connectivity index (χ1v) is 11.6. The van der Waals surface area contributed by atoms with Gasteiger partial charge in [-0.15, -0.1) is 0 Å². The standard InChI is InChI=1S/C22H26N2O6S/c1-6-17(14-7-12-18(29-3)19(13-14)30-4)24-20(25)22(2,23-21(24)26)15-8-10-16(11-9-15)31(5,27)28/h7-13,17H,6H2,1-5H3,(H,23,26). The molecule has 1 aliphatic heterocycles. The third kappa shape index (κ3) is 3.97. The average molecular weight is 447 g/mol. The zero-order valence-corrected chi connectivity index (χ0v) is 18.9. The number of nitrogens with zero attached hydrogens (tertiary/aromatic N) is 1. The molecule has 9 heteroatoms. The van der Waals surface area contributed by atoms with Crippen molar-refractivity contribution in [2.75, 3.05) is 20.5 Å². The van der Waals surface area contributed by atoms with E-state index in [0.29, 0.717) is 23.5 Å². The molecule has 2 aromatic carbocycles. The highest BCUT2D eigenvalue weighted by atomic mass is 32.2. The lowest BCUT2D eigenvalue weighted by atomic mass is 9.91. The van der Waals surface area contributed by atoms with E-state index >= 15 is 0 Å². The van der Waals surface area contributed by atoms with E-state index in [0.717, 1.165) is 11.8 Å². The lowest BCUT2D eigenvalue weighted by molar-refractivity contribution is -0.132. The van der Waals surface area contributed by atoms with Crippen molar-refractivity contribution in [2.45, 2.75) is 36.7 Å². The summed E-state index contributed by atoms with van der Waals surface area (Å²) >= 11 is 0. The molecule has 2 aromatic rings. The van der Waals surface area contributed by atoms with Crippen LogP contribution in [0.3, 0.4) is 0 Å². The molecule has 1 aliphatic rings. The predicted molar refractivity (Wildman–Crippen MR) is 115 cm³/mol. The summed E-state index contributed by atoms with van der Waals surface area (Å²) in [5.74, 6) is 0.643. The first kappa shape index (κ1) is 22.6. The summed E-state index contributed by atoms with van der Waals surface area (Å²) in [5.41, 5.74) is -0.0693. The Morgan fingerprint density at radius 3 is 2.16 bits per heavy atom. The molecule has 0 radical (unpaired) electrons. The number of hydrogen-bond acceptors (Lipinski definition) is 6. The fraction of sp³-hybridized carbons (Fsp3) is 0.364. The largest absolute Gasteiger partial charge is 0.493 e. The van der Waals surface area contributed by atoms with Gasteiger partial charge < -0.3 is 14.8 Å². The van der Waals surface area contributed by atoms with E-state index in [1.165, 1.54) is 31.3 Å². The Balaban J connectivity index is 1.98. The molecule has 1 saturated heterocycles. The Labute approximate surface area is 182 Å². The summed E-state index contributed by atoms with van der Waals surface area (Å²) in [6.45, 7) is 3.50. The van der Waals surface area contributed by atoms with Crippen LogP contribution >= 0.6 is 0 Å². The van der Waals surface area contributed by atoms with E-state index in [1.54, 1.807) is 37.3 Å². The zero-order chi connectivity index (χ0) is 23.0. The highest BCUT2D eigenvalue weighted by Crippen LogP contribution is 2.38. The van der Waals surface area contributed by atoms with E-state index < -0.39 is 33.4 Å². The number of benzene rings is 2. The summed E-state index contributed by atoms with van der Waals surface area (Å²) in [6.07, 6.45) is 1.61. The van der Waals surface area contributed by atoms with Gasteiger partial charge in [0.05, 0.1) is 25.2 Å². The third-order valence-corrected chi connectivity index (χ3v) is 6.70. The molecular formula is C22H26N2O6S. The van der Waals surface area contributed by atoms with Gasteiger partial charge in [-0.05, 0) is 48.7 Å². The topological polar surface area (TPSA) is 102 Å². The van der Waals surface area contributed by atoms with Gasteiger partial charge in [-0.3, -0.25) is 9.69 Å². The van der Waals surface area contributed by atoms with Gasteiger partial charge in [0.25, 0.3) is 5.91 Å². The molecule has 2 unspecified atom stereocenters. The number of urea groups is 1. The molecule has 2 atom stereocenters. The van der Waals surface area contributed by atoms with Gasteiger partial charge in [-0.25, -0.2) is 13.2 Å². The summed E-state index contributed by atoms with van der Waals surface area (Å²) in [6, 6.07) is 10.2. The van der Waals surface area contributed by atoms with Crippen LogP contribution in [0.25, 0.3) is 0 Å². The fourth-order valence-electron chi connectivity index (χ4n) is 3.80. The van der Waals surface area contributed by atoms with Gasteiger partial charge in [-0.1, -0.05) is 25.1 Å². The van der Waals surface area contributed by atoms with Gasteiger partial charge in [0.2, 0.25) is 0 Å². The van der Waals surface area contributed by atoms with Crippen LogP contribution in [-0.4, -0.2) is 45.7 Å². The molecule has 3 amide bonds. The number of rotatable bonds is 7. The predicted octanol–water partition coefficient (Wildman–Crippen LogP) is 3.03. The Hall–Kier alpha value is -3.07. The molecular weight excluding hydrogens is 420 g/mol. The number of ether oxygens (including phenoxy) is 2. The Morgan fingerprint density at radius 1 is 1.03 bits per heavy atom. The smallest absolute Gasteiger partial charge is 0.325 e. The quantitative estimate of drug-likeness (QED) is 0.656. The van der Waals surface area contributed by atoms with Crippen molar-refractivity contribution in [1.82, 2.24) is 10.2 Å². The van der Waals surface area contributed by atoms with Crippen LogP contribution in [0.2, 0.25) is 0 Å². The van der Waals surface area contributed by atoms with Crippen LogP contribution in [0, 0.1) is 0 Å². The molecule has 0 spiro atoms. The van der Waals surface area contributed by atoms with Gasteiger partial charge >= 0.3 is 6.03 Å². The number of nitrogens with one attached hydrogen (secondary N) is 1. The second-order valence-electron chi connectivity index (χ2n) is 7.57. The van der Waals surface area contributed by atoms with Crippen molar-refractivity contribution in [2.24, 2.45) is 0 Å². The minimum Gasteiger partial charge on any atom is -0.493 e. The molecule has 1 N–H and O–H groups in total. The normalized spacial score (nSPS) is 19.8. The first-order valence-electron chi connectivity index (χ1n) is 9.75. The van der Waals surface area contributed by atoms with Crippen molar-refractivity contribution < 1.29 is 27.5 Å². The fourth-order valence-corrected chi connectivity index (χ4v) is 4.43. The van der Waals surface area contributed by atoms with Crippen LogP contribution in [-0.2, 0) is 20.2 Å². The van der Waals surface area contributed by atoms with E-state index in [1.807, 2.05) is 6.92 Å². The maximum Gasteiger partial charge on any atom is 0.325 e. The molecule has 0 aromatic heterocycles. The molecule has 8 nitrogen and oxygen atoms in total. The summed E-state index contributed by atoms with van der Waals surface area (Å²) in [5, 5.41) is 2.77. The van der Waals surface area contributed by atoms with Crippen LogP contribution in [0.5, 0.6) is 11.5 Å². The number of carbonyl (C=O) groups is 2. The Morgan fingerprint density at radius 2 is 1.65 bits per heavy atom. The number of hydrogen-bond donors (Lipinski definition) is 1. The van der Waals surface area contributed by atoms with Crippen LogP contribution < -0.4 is 14.8 Å². The second-order valence-corrected chi connectivity index (χ2v) is 9.58. The van der Waals surface area contributed by atoms with Crippen molar-refractivity contribution in [1.29, 1.82) is 0 Å². The molecule has 0 bridgehead atoms. The highest BCUT2D eigenvalue weighted by molar-refractivity contribution is 7.90. The van der Waals surface area contributed by atoms with Crippen molar-refractivity contribution in [3.8, 4) is 11.5 Å². The summed E-state index contributed by atoms with van der Waals surface area (Å²) < 4.78 is 34.1. The first-order chi connectivity index (χ1) is 14.6. The van der Waals surface area contributed by atoms with E-state index in [4.69, 9.17) is 9.47 Å². The Bertz CT molecular complexity index is 1110. The van der Waals surface area contributed by atoms with E-state index in [9.17, 15) is 18.0 Å². The molecule has 31 heavy (non-hydrogen) atoms. The van der Waals surface area contributed by atoms with Gasteiger partial charge in [0.1, 0.15) is 5.54 Å². The molecule has 1 heterocycles. The van der Waals surface area contributed by atoms with Crippen molar-refractivity contribution >= 4 is 21.8 Å². The maximum atomic E-state index is 13.4. The summed E-state index contributed by atoms with van der Waals surface area (Å²) in [4.78, 5) is 27.7. The number of imide groups is 1. The number of methoxy groups -OCH3 is 2. The van der Waals surface area contributed by atoms with E-state index in [-0.39, 0.29) is 4.90 Å². The lowest BCUT2D eigenvalue weighted by Gasteiger charge is -2.27. The van der Waals surface area contributed by atoms with Crippen LogP contribution in [0.4, 0.5) is 4.79 Å². The molecule has 0 saturated carbocycles. The Kier molecular flexibility index (Phi) is 6.00. The third-order valence-electron chi connectivity index (χ3n) is 5.57. The second kappa shape index (κ2) is 8.22. The minimum absolute atomic E-state index is 0.144. The number of amides is 3. The average Bonchev–Trinajstić information content (AvgIpc) is 2.98. The monoisotopic (exact) mass is 446 g/mol. The summed E-state index contributed by atoms with van der Waals surface area (Å²) in [7, 11) is -0.313. The molecule has 1 fully saturated rings. The highest BCUT2D eigenvalue weighted by Gasteiger charge is 2.51.